The highest BCUT2D eigenvalue weighted by Crippen LogP contribution is 2.36. The van der Waals surface area contributed by atoms with Crippen molar-refractivity contribution in [2.75, 3.05) is 16.1 Å². The highest BCUT2D eigenvalue weighted by molar-refractivity contribution is 8.27. The first-order valence-electron chi connectivity index (χ1n) is 7.70. The molecule has 1 heterocycles. The van der Waals surface area contributed by atoms with Crippen molar-refractivity contribution >= 4 is 63.3 Å². The number of nitrogens with two attached hydrogens (primary N) is 1. The van der Waals surface area contributed by atoms with Gasteiger partial charge in [0.05, 0.1) is 16.3 Å². The molecule has 6 nitrogen and oxygen atoms in total. The number of hydrogen-bond acceptors (Lipinski definition) is 6. The summed E-state index contributed by atoms with van der Waals surface area (Å²) in [4.78, 5) is 25.8. The molecule has 0 saturated carbocycles. The van der Waals surface area contributed by atoms with Gasteiger partial charge in [-0.3, -0.25) is 25.3 Å². The van der Waals surface area contributed by atoms with Crippen molar-refractivity contribution in [3.05, 3.63) is 59.0 Å². The number of thioether (sulfide) groups is 1. The average molecular weight is 384 g/mol. The first-order chi connectivity index (χ1) is 12.4. The summed E-state index contributed by atoms with van der Waals surface area (Å²) < 4.78 is 0.452. The van der Waals surface area contributed by atoms with Crippen LogP contribution in [-0.2, 0) is 9.59 Å². The molecule has 1 saturated heterocycles. The third-order valence-electron chi connectivity index (χ3n) is 3.52. The predicted molar refractivity (Wildman–Crippen MR) is 110 cm³/mol. The molecular weight excluding hydrogens is 368 g/mol. The monoisotopic (exact) mass is 384 g/mol. The Morgan fingerprint density at radius 3 is 2.65 bits per heavy atom. The van der Waals surface area contributed by atoms with Gasteiger partial charge in [-0.2, -0.15) is 0 Å². The fourth-order valence-electron chi connectivity index (χ4n) is 2.32. The lowest BCUT2D eigenvalue weighted by molar-refractivity contribution is -0.118. The van der Waals surface area contributed by atoms with Gasteiger partial charge in [-0.1, -0.05) is 42.2 Å². The molecule has 1 aliphatic rings. The van der Waals surface area contributed by atoms with Gasteiger partial charge < -0.3 is 5.73 Å². The summed E-state index contributed by atoms with van der Waals surface area (Å²) in [6, 6.07) is 14.3. The maximum atomic E-state index is 12.8. The number of hydrazine groups is 1. The number of nitrogen functional groups attached to an aromatic ring is 1. The zero-order valence-electron chi connectivity index (χ0n) is 13.9. The number of hydrogen-bond donors (Lipinski definition) is 3. The molecule has 4 N–H and O–H groups in total. The van der Waals surface area contributed by atoms with E-state index in [0.29, 0.717) is 26.3 Å². The maximum Gasteiger partial charge on any atom is 0.270 e. The largest absolute Gasteiger partial charge is 0.399 e. The zero-order chi connectivity index (χ0) is 18.7. The molecule has 2 aromatic carbocycles. The molecule has 0 unspecified atom stereocenters. The molecule has 132 valence electrons. The number of anilines is 3. The van der Waals surface area contributed by atoms with Crippen molar-refractivity contribution < 1.29 is 9.59 Å². The average Bonchev–Trinajstić information content (AvgIpc) is 2.89. The summed E-state index contributed by atoms with van der Waals surface area (Å²) in [6.07, 6.45) is 1.79. The Balaban J connectivity index is 1.84. The topological polar surface area (TPSA) is 87.5 Å². The van der Waals surface area contributed by atoms with E-state index in [9.17, 15) is 9.59 Å². The molecule has 0 radical (unpaired) electrons. The Hall–Kier alpha value is -2.84. The van der Waals surface area contributed by atoms with E-state index >= 15 is 0 Å². The summed E-state index contributed by atoms with van der Waals surface area (Å²) >= 11 is 6.63. The molecule has 0 bridgehead atoms. The first kappa shape index (κ1) is 18.0. The van der Waals surface area contributed by atoms with E-state index < -0.39 is 0 Å². The molecule has 1 fully saturated rings. The first-order valence-corrected chi connectivity index (χ1v) is 8.92. The molecule has 0 aliphatic carbocycles. The number of rotatable bonds is 4. The van der Waals surface area contributed by atoms with Crippen LogP contribution in [0, 0.1) is 0 Å². The molecule has 0 spiro atoms. The van der Waals surface area contributed by atoms with Crippen LogP contribution in [-0.4, -0.2) is 16.1 Å². The Bertz CT molecular complexity index is 910. The van der Waals surface area contributed by atoms with Crippen molar-refractivity contribution in [3.63, 3.8) is 0 Å². The van der Waals surface area contributed by atoms with E-state index in [1.165, 1.54) is 23.6 Å². The van der Waals surface area contributed by atoms with Crippen LogP contribution in [0.5, 0.6) is 0 Å². The molecule has 3 rings (SSSR count). The van der Waals surface area contributed by atoms with E-state index in [1.54, 1.807) is 42.5 Å². The van der Waals surface area contributed by atoms with Gasteiger partial charge in [-0.15, -0.1) is 0 Å². The van der Waals surface area contributed by atoms with Crippen LogP contribution in [0.4, 0.5) is 17.1 Å². The fraction of sp³-hybridized carbons (Fsp3) is 0.0556. The van der Waals surface area contributed by atoms with E-state index in [-0.39, 0.29) is 11.8 Å². The smallest absolute Gasteiger partial charge is 0.270 e. The number of amides is 2. The van der Waals surface area contributed by atoms with Crippen LogP contribution in [0.3, 0.4) is 0 Å². The van der Waals surface area contributed by atoms with Gasteiger partial charge in [0.25, 0.3) is 5.91 Å². The molecular formula is C18H16N4O2S2. The second-order valence-electron chi connectivity index (χ2n) is 5.54. The summed E-state index contributed by atoms with van der Waals surface area (Å²) in [5.41, 5.74) is 13.8. The van der Waals surface area contributed by atoms with Crippen LogP contribution in [0.1, 0.15) is 12.5 Å². The van der Waals surface area contributed by atoms with Crippen molar-refractivity contribution in [3.8, 4) is 0 Å². The zero-order valence-corrected chi connectivity index (χ0v) is 15.5. The van der Waals surface area contributed by atoms with Crippen LogP contribution in [0.2, 0.25) is 0 Å². The lowest BCUT2D eigenvalue weighted by atomic mass is 10.2. The van der Waals surface area contributed by atoms with Crippen molar-refractivity contribution in [2.45, 2.75) is 6.92 Å². The highest BCUT2D eigenvalue weighted by Gasteiger charge is 2.33. The third-order valence-corrected chi connectivity index (χ3v) is 4.82. The van der Waals surface area contributed by atoms with Crippen LogP contribution < -0.4 is 21.5 Å². The van der Waals surface area contributed by atoms with Gasteiger partial charge >= 0.3 is 0 Å². The van der Waals surface area contributed by atoms with Crippen LogP contribution >= 0.6 is 24.0 Å². The minimum atomic E-state index is -0.215. The highest BCUT2D eigenvalue weighted by atomic mass is 32.2. The summed E-state index contributed by atoms with van der Waals surface area (Å²) in [5.74, 6) is -0.402. The Morgan fingerprint density at radius 2 is 1.96 bits per heavy atom. The number of benzene rings is 2. The summed E-state index contributed by atoms with van der Waals surface area (Å²) in [6.45, 7) is 1.40. The predicted octanol–water partition coefficient (Wildman–Crippen LogP) is 3.14. The number of carbonyl (C=O) groups is 2. The van der Waals surface area contributed by atoms with Crippen molar-refractivity contribution in [1.82, 2.24) is 5.43 Å². The Kier molecular flexibility index (Phi) is 5.24. The van der Waals surface area contributed by atoms with E-state index in [4.69, 9.17) is 18.0 Å². The van der Waals surface area contributed by atoms with Gasteiger partial charge in [0, 0.05) is 12.6 Å². The molecule has 0 atom stereocenters. The normalized spacial score (nSPS) is 15.4. The number of carbonyl (C=O) groups excluding carboxylic acids is 2. The SMILES string of the molecule is CC(=O)NNc1cccc(N2C(=O)C(=Cc3ccc(N)cc3)SC2=S)c1. The van der Waals surface area contributed by atoms with Gasteiger partial charge in [-0.05, 0) is 42.0 Å². The minimum Gasteiger partial charge on any atom is -0.399 e. The van der Waals surface area contributed by atoms with Gasteiger partial charge in [0.15, 0.2) is 4.32 Å². The lowest BCUT2D eigenvalue weighted by Crippen LogP contribution is -2.29. The standard InChI is InChI=1S/C18H16N4O2S2/c1-11(23)20-21-14-3-2-4-15(10-14)22-17(24)16(26-18(22)25)9-12-5-7-13(19)8-6-12/h2-10,21H,19H2,1H3,(H,20,23). The second kappa shape index (κ2) is 7.59. The number of nitrogens with one attached hydrogen (secondary N) is 2. The van der Waals surface area contributed by atoms with Crippen LogP contribution in [0.25, 0.3) is 6.08 Å². The van der Waals surface area contributed by atoms with E-state index in [1.807, 2.05) is 12.1 Å². The van der Waals surface area contributed by atoms with Gasteiger partial charge in [0.1, 0.15) is 0 Å². The van der Waals surface area contributed by atoms with E-state index in [0.717, 1.165) is 5.56 Å². The lowest BCUT2D eigenvalue weighted by Gasteiger charge is -2.16. The molecule has 26 heavy (non-hydrogen) atoms. The molecule has 1 aliphatic heterocycles. The van der Waals surface area contributed by atoms with Gasteiger partial charge in [0.2, 0.25) is 5.91 Å². The van der Waals surface area contributed by atoms with Crippen molar-refractivity contribution in [2.24, 2.45) is 0 Å². The fourth-order valence-corrected chi connectivity index (χ4v) is 3.62. The van der Waals surface area contributed by atoms with Crippen molar-refractivity contribution in [1.29, 1.82) is 0 Å². The number of nitrogens with zero attached hydrogens (tertiary/aromatic N) is 1. The minimum absolute atomic E-state index is 0.187. The summed E-state index contributed by atoms with van der Waals surface area (Å²) in [5, 5.41) is 0. The molecule has 8 heteroatoms. The molecule has 2 aromatic rings. The quantitative estimate of drug-likeness (QED) is 0.325. The van der Waals surface area contributed by atoms with Gasteiger partial charge in [-0.25, -0.2) is 0 Å². The molecule has 2 amide bonds. The summed E-state index contributed by atoms with van der Waals surface area (Å²) in [7, 11) is 0. The Labute approximate surface area is 160 Å². The third kappa shape index (κ3) is 4.04. The number of thiocarbonyl (C=S) groups is 1. The Morgan fingerprint density at radius 1 is 1.23 bits per heavy atom. The second-order valence-corrected chi connectivity index (χ2v) is 7.22. The van der Waals surface area contributed by atoms with E-state index in [2.05, 4.69) is 10.9 Å². The van der Waals surface area contributed by atoms with Crippen LogP contribution in [0.15, 0.2) is 53.4 Å². The molecule has 0 aromatic heterocycles. The maximum absolute atomic E-state index is 12.8.